The second kappa shape index (κ2) is 9.89. The summed E-state index contributed by atoms with van der Waals surface area (Å²) < 4.78 is 8.42. The number of nitrogens with one attached hydrogen (secondary N) is 1. The molecule has 0 aliphatic heterocycles. The molecule has 1 amide bonds. The molecule has 1 unspecified atom stereocenters. The number of amides is 1. The van der Waals surface area contributed by atoms with Crippen molar-refractivity contribution in [2.24, 2.45) is 0 Å². The van der Waals surface area contributed by atoms with Crippen molar-refractivity contribution in [1.29, 1.82) is 0 Å². The Bertz CT molecular complexity index is 1320. The van der Waals surface area contributed by atoms with Gasteiger partial charge in [0, 0.05) is 4.47 Å². The summed E-state index contributed by atoms with van der Waals surface area (Å²) in [5.41, 5.74) is 1.79. The summed E-state index contributed by atoms with van der Waals surface area (Å²) >= 11 is 6.08. The molecule has 4 aromatic rings. The number of ether oxygens (including phenoxy) is 1. The highest BCUT2D eigenvalue weighted by Gasteiger charge is 2.23. The quantitative estimate of drug-likeness (QED) is 0.244. The number of rotatable bonds is 7. The zero-order chi connectivity index (χ0) is 22.7. The van der Waals surface area contributed by atoms with Crippen LogP contribution >= 0.6 is 39.0 Å². The summed E-state index contributed by atoms with van der Waals surface area (Å²) in [6.45, 7) is 1.94. The third kappa shape index (κ3) is 4.60. The largest absolute Gasteiger partial charge is 0.495 e. The van der Waals surface area contributed by atoms with Crippen LogP contribution in [0.2, 0.25) is 0 Å². The smallest absolute Gasteiger partial charge is 0.276 e. The summed E-state index contributed by atoms with van der Waals surface area (Å²) in [5, 5.41) is 4.82. The van der Waals surface area contributed by atoms with Gasteiger partial charge in [-0.2, -0.15) is 0 Å². The van der Waals surface area contributed by atoms with E-state index in [0.29, 0.717) is 38.9 Å². The SMILES string of the molecule is CCC(Sc1nc2ccsc2c(=O)n1-c1ccc(Br)cc1)C(=O)Nc1ccccc1OC. The number of para-hydroxylation sites is 2. The lowest BCUT2D eigenvalue weighted by Gasteiger charge is -2.18. The number of halogens is 1. The second-order valence-corrected chi connectivity index (χ2v) is 9.85. The van der Waals surface area contributed by atoms with Gasteiger partial charge in [0.15, 0.2) is 5.16 Å². The lowest BCUT2D eigenvalue weighted by molar-refractivity contribution is -0.115. The van der Waals surface area contributed by atoms with Gasteiger partial charge in [0.1, 0.15) is 10.4 Å². The molecule has 9 heteroatoms. The fourth-order valence-electron chi connectivity index (χ4n) is 3.20. The van der Waals surface area contributed by atoms with E-state index in [1.807, 2.05) is 54.8 Å². The van der Waals surface area contributed by atoms with E-state index in [0.717, 1.165) is 4.47 Å². The molecule has 0 aliphatic carbocycles. The van der Waals surface area contributed by atoms with Crippen molar-refractivity contribution in [2.45, 2.75) is 23.8 Å². The Balaban J connectivity index is 1.72. The number of hydrogen-bond donors (Lipinski definition) is 1. The topological polar surface area (TPSA) is 73.2 Å². The molecule has 2 aromatic heterocycles. The van der Waals surface area contributed by atoms with Crippen molar-refractivity contribution in [3.05, 3.63) is 74.8 Å². The molecule has 0 spiro atoms. The number of hydrogen-bond acceptors (Lipinski definition) is 6. The van der Waals surface area contributed by atoms with Gasteiger partial charge in [-0.3, -0.25) is 14.2 Å². The monoisotopic (exact) mass is 529 g/mol. The maximum absolute atomic E-state index is 13.3. The molecule has 2 aromatic carbocycles. The molecular formula is C23H20BrN3O3S2. The number of carbonyl (C=O) groups is 1. The number of thiophene rings is 1. The number of benzene rings is 2. The molecule has 0 saturated carbocycles. The molecule has 32 heavy (non-hydrogen) atoms. The Morgan fingerprint density at radius 1 is 1.22 bits per heavy atom. The summed E-state index contributed by atoms with van der Waals surface area (Å²) in [6, 6.07) is 16.6. The minimum atomic E-state index is -0.454. The standard InChI is InChI=1S/C23H20BrN3O3S2/c1-3-19(21(28)25-16-6-4-5-7-18(16)30-2)32-23-26-17-12-13-31-20(17)22(29)27(23)15-10-8-14(24)9-11-15/h4-13,19H,3H2,1-2H3,(H,25,28). The normalized spacial score (nSPS) is 12.0. The van der Waals surface area contributed by atoms with Crippen LogP contribution in [0.4, 0.5) is 5.69 Å². The van der Waals surface area contributed by atoms with Gasteiger partial charge in [-0.05, 0) is 54.3 Å². The molecule has 0 bridgehead atoms. The van der Waals surface area contributed by atoms with Crippen molar-refractivity contribution < 1.29 is 9.53 Å². The Kier molecular flexibility index (Phi) is 6.98. The Morgan fingerprint density at radius 3 is 2.69 bits per heavy atom. The van der Waals surface area contributed by atoms with E-state index < -0.39 is 5.25 Å². The molecule has 1 N–H and O–H groups in total. The number of fused-ring (bicyclic) bond motifs is 1. The van der Waals surface area contributed by atoms with Crippen LogP contribution in [0.25, 0.3) is 15.9 Å². The molecule has 4 rings (SSSR count). The van der Waals surface area contributed by atoms with Crippen LogP contribution in [0, 0.1) is 0 Å². The number of anilines is 1. The number of methoxy groups -OCH3 is 1. The van der Waals surface area contributed by atoms with Crippen LogP contribution in [-0.4, -0.2) is 27.8 Å². The van der Waals surface area contributed by atoms with E-state index in [1.54, 1.807) is 23.8 Å². The molecule has 0 fully saturated rings. The zero-order valence-electron chi connectivity index (χ0n) is 17.4. The van der Waals surface area contributed by atoms with Crippen molar-refractivity contribution in [1.82, 2.24) is 9.55 Å². The molecular weight excluding hydrogens is 510 g/mol. The number of aromatic nitrogens is 2. The predicted octanol–water partition coefficient (Wildman–Crippen LogP) is 5.73. The minimum Gasteiger partial charge on any atom is -0.495 e. The van der Waals surface area contributed by atoms with E-state index >= 15 is 0 Å². The average molecular weight is 530 g/mol. The van der Waals surface area contributed by atoms with Gasteiger partial charge in [-0.1, -0.05) is 46.7 Å². The van der Waals surface area contributed by atoms with Gasteiger partial charge < -0.3 is 10.1 Å². The van der Waals surface area contributed by atoms with E-state index in [-0.39, 0.29) is 11.5 Å². The molecule has 0 aliphatic rings. The van der Waals surface area contributed by atoms with Gasteiger partial charge >= 0.3 is 0 Å². The first-order valence-corrected chi connectivity index (χ1v) is 12.4. The molecule has 2 heterocycles. The maximum atomic E-state index is 13.3. The highest BCUT2D eigenvalue weighted by molar-refractivity contribution is 9.10. The maximum Gasteiger partial charge on any atom is 0.276 e. The molecule has 164 valence electrons. The Labute approximate surface area is 201 Å². The highest BCUT2D eigenvalue weighted by Crippen LogP contribution is 2.30. The Hall–Kier alpha value is -2.62. The van der Waals surface area contributed by atoms with Gasteiger partial charge in [-0.25, -0.2) is 4.98 Å². The van der Waals surface area contributed by atoms with Gasteiger partial charge in [0.25, 0.3) is 5.56 Å². The third-order valence-electron chi connectivity index (χ3n) is 4.81. The summed E-state index contributed by atoms with van der Waals surface area (Å²) in [7, 11) is 1.56. The first-order chi connectivity index (χ1) is 15.5. The van der Waals surface area contributed by atoms with Crippen molar-refractivity contribution in [2.75, 3.05) is 12.4 Å². The number of nitrogens with zero attached hydrogens (tertiary/aromatic N) is 2. The Morgan fingerprint density at radius 2 is 1.97 bits per heavy atom. The van der Waals surface area contributed by atoms with E-state index in [2.05, 4.69) is 21.2 Å². The van der Waals surface area contributed by atoms with E-state index in [9.17, 15) is 9.59 Å². The summed E-state index contributed by atoms with van der Waals surface area (Å²) in [4.78, 5) is 31.1. The van der Waals surface area contributed by atoms with Gasteiger partial charge in [0.05, 0.1) is 29.3 Å². The summed E-state index contributed by atoms with van der Waals surface area (Å²) in [5.74, 6) is 0.411. The lowest BCUT2D eigenvalue weighted by Crippen LogP contribution is -2.27. The average Bonchev–Trinajstić information content (AvgIpc) is 3.28. The first kappa shape index (κ1) is 22.6. The number of thioether (sulfide) groups is 1. The first-order valence-electron chi connectivity index (χ1n) is 9.88. The third-order valence-corrected chi connectivity index (χ3v) is 7.55. The zero-order valence-corrected chi connectivity index (χ0v) is 20.6. The molecule has 0 saturated heterocycles. The minimum absolute atomic E-state index is 0.144. The fraction of sp³-hybridized carbons (Fsp3) is 0.174. The van der Waals surface area contributed by atoms with Crippen LogP contribution < -0.4 is 15.6 Å². The fourth-order valence-corrected chi connectivity index (χ4v) is 5.26. The molecule has 0 radical (unpaired) electrons. The lowest BCUT2D eigenvalue weighted by atomic mass is 10.2. The summed E-state index contributed by atoms with van der Waals surface area (Å²) in [6.07, 6.45) is 0.559. The highest BCUT2D eigenvalue weighted by atomic mass is 79.9. The van der Waals surface area contributed by atoms with Crippen LogP contribution in [0.5, 0.6) is 5.75 Å². The van der Waals surface area contributed by atoms with Crippen molar-refractivity contribution >= 4 is 60.8 Å². The molecule has 6 nitrogen and oxygen atoms in total. The van der Waals surface area contributed by atoms with Crippen LogP contribution in [0.1, 0.15) is 13.3 Å². The molecule has 1 atom stereocenters. The number of carbonyl (C=O) groups excluding carboxylic acids is 1. The van der Waals surface area contributed by atoms with Gasteiger partial charge in [-0.15, -0.1) is 11.3 Å². The van der Waals surface area contributed by atoms with Crippen LogP contribution in [0.15, 0.2) is 74.4 Å². The van der Waals surface area contributed by atoms with E-state index in [1.165, 1.54) is 23.1 Å². The van der Waals surface area contributed by atoms with Crippen molar-refractivity contribution in [3.63, 3.8) is 0 Å². The predicted molar refractivity (Wildman–Crippen MR) is 134 cm³/mol. The second-order valence-electron chi connectivity index (χ2n) is 6.85. The van der Waals surface area contributed by atoms with Crippen LogP contribution in [0.3, 0.4) is 0 Å². The van der Waals surface area contributed by atoms with Gasteiger partial charge in [0.2, 0.25) is 5.91 Å². The van der Waals surface area contributed by atoms with Crippen LogP contribution in [-0.2, 0) is 4.79 Å². The van der Waals surface area contributed by atoms with Crippen molar-refractivity contribution in [3.8, 4) is 11.4 Å². The van der Waals surface area contributed by atoms with E-state index in [4.69, 9.17) is 9.72 Å².